The molecule has 3 unspecified atom stereocenters. The van der Waals surface area contributed by atoms with Gasteiger partial charge in [-0.2, -0.15) is 0 Å². The van der Waals surface area contributed by atoms with Gasteiger partial charge in [0.05, 0.1) is 18.8 Å². The van der Waals surface area contributed by atoms with Gasteiger partial charge in [0.2, 0.25) is 5.91 Å². The number of amides is 1. The van der Waals surface area contributed by atoms with Crippen molar-refractivity contribution >= 4 is 5.91 Å². The van der Waals surface area contributed by atoms with Gasteiger partial charge >= 0.3 is 0 Å². The minimum atomic E-state index is -1.11. The van der Waals surface area contributed by atoms with Crippen molar-refractivity contribution in [2.45, 2.75) is 238 Å². The van der Waals surface area contributed by atoms with Crippen molar-refractivity contribution in [2.24, 2.45) is 0 Å². The lowest BCUT2D eigenvalue weighted by molar-refractivity contribution is -0.131. The summed E-state index contributed by atoms with van der Waals surface area (Å²) in [6, 6.07) is -0.817. The predicted octanol–water partition coefficient (Wildman–Crippen LogP) is 12.4. The molecule has 0 aliphatic heterocycles. The molecule has 5 nitrogen and oxygen atoms in total. The number of carbonyl (C=O) groups excluding carboxylic acids is 1. The van der Waals surface area contributed by atoms with Crippen molar-refractivity contribution < 1.29 is 20.1 Å². The van der Waals surface area contributed by atoms with Crippen LogP contribution in [0.1, 0.15) is 219 Å². The number of hydrogen-bond acceptors (Lipinski definition) is 4. The predicted molar refractivity (Wildman–Crippen MR) is 218 cm³/mol. The fourth-order valence-electron chi connectivity index (χ4n) is 6.49. The topological polar surface area (TPSA) is 89.8 Å². The average molecular weight is 704 g/mol. The Morgan fingerprint density at radius 1 is 0.480 bits per heavy atom. The van der Waals surface area contributed by atoms with Crippen LogP contribution in [0, 0.1) is 0 Å². The normalized spacial score (nSPS) is 13.9. The number of hydrogen-bond donors (Lipinski definition) is 4. The van der Waals surface area contributed by atoms with E-state index in [1.54, 1.807) is 6.08 Å². The van der Waals surface area contributed by atoms with Crippen LogP contribution in [0.3, 0.4) is 0 Å². The summed E-state index contributed by atoms with van der Waals surface area (Å²) in [6.07, 6.45) is 50.5. The van der Waals surface area contributed by atoms with E-state index < -0.39 is 24.2 Å². The molecule has 1 amide bonds. The lowest BCUT2D eigenvalue weighted by atomic mass is 10.0. The molecule has 0 saturated heterocycles. The fraction of sp³-hybridized carbons (Fsp3) is 0.844. The third-order valence-electron chi connectivity index (χ3n) is 9.95. The van der Waals surface area contributed by atoms with Crippen LogP contribution < -0.4 is 5.32 Å². The van der Waals surface area contributed by atoms with Crippen LogP contribution in [0.25, 0.3) is 0 Å². The molecule has 0 bridgehead atoms. The molecule has 0 aliphatic carbocycles. The molecular formula is C45H85NO4. The lowest BCUT2D eigenvalue weighted by Crippen LogP contribution is -2.48. The molecule has 0 aromatic heterocycles. The first-order valence-corrected chi connectivity index (χ1v) is 21.8. The van der Waals surface area contributed by atoms with Gasteiger partial charge in [0.25, 0.3) is 0 Å². The maximum atomic E-state index is 12.4. The van der Waals surface area contributed by atoms with Gasteiger partial charge in [-0.3, -0.25) is 4.79 Å². The highest BCUT2D eigenvalue weighted by Gasteiger charge is 2.22. The number of rotatable bonds is 39. The van der Waals surface area contributed by atoms with Gasteiger partial charge in [0.1, 0.15) is 6.10 Å². The van der Waals surface area contributed by atoms with Crippen LogP contribution in [-0.2, 0) is 4.79 Å². The van der Waals surface area contributed by atoms with Gasteiger partial charge < -0.3 is 20.6 Å². The summed E-state index contributed by atoms with van der Waals surface area (Å²) in [5, 5.41) is 33.0. The zero-order chi connectivity index (χ0) is 36.6. The number of aliphatic hydroxyl groups is 3. The minimum Gasteiger partial charge on any atom is -0.394 e. The Bertz CT molecular complexity index is 779. The van der Waals surface area contributed by atoms with Crippen molar-refractivity contribution in [2.75, 3.05) is 6.61 Å². The Labute approximate surface area is 311 Å². The Kier molecular flexibility index (Phi) is 39.2. The Morgan fingerprint density at radius 2 is 0.820 bits per heavy atom. The fourth-order valence-corrected chi connectivity index (χ4v) is 6.49. The van der Waals surface area contributed by atoms with Crippen molar-refractivity contribution in [1.82, 2.24) is 5.32 Å². The summed E-state index contributed by atoms with van der Waals surface area (Å²) in [6.45, 7) is 4.13. The highest BCUT2D eigenvalue weighted by atomic mass is 16.3. The number of nitrogens with one attached hydrogen (secondary N) is 1. The third-order valence-corrected chi connectivity index (χ3v) is 9.95. The summed E-state index contributed by atoms with van der Waals surface area (Å²) in [5.41, 5.74) is 0. The molecule has 294 valence electrons. The van der Waals surface area contributed by atoms with Crippen molar-refractivity contribution in [3.05, 3.63) is 36.5 Å². The molecule has 0 fully saturated rings. The van der Waals surface area contributed by atoms with Crippen LogP contribution in [-0.4, -0.2) is 46.1 Å². The SMILES string of the molecule is CCCCC/C=C\CCCCCCC(O)C(=O)NC(CO)C(O)/C=C/CC/C=C/CCCCCCCCCCCCCCCCCCCCC. The maximum Gasteiger partial charge on any atom is 0.249 e. The van der Waals surface area contributed by atoms with Crippen LogP contribution in [0.5, 0.6) is 0 Å². The molecule has 0 heterocycles. The molecule has 0 saturated carbocycles. The van der Waals surface area contributed by atoms with E-state index in [0.29, 0.717) is 6.42 Å². The smallest absolute Gasteiger partial charge is 0.249 e. The second kappa shape index (κ2) is 40.3. The van der Waals surface area contributed by atoms with Crippen molar-refractivity contribution in [3.63, 3.8) is 0 Å². The molecule has 0 aromatic carbocycles. The van der Waals surface area contributed by atoms with E-state index in [9.17, 15) is 20.1 Å². The van der Waals surface area contributed by atoms with Crippen molar-refractivity contribution in [3.8, 4) is 0 Å². The first-order chi connectivity index (χ1) is 24.6. The Balaban J connectivity index is 3.66. The molecule has 4 N–H and O–H groups in total. The highest BCUT2D eigenvalue weighted by Crippen LogP contribution is 2.15. The number of carbonyl (C=O) groups is 1. The zero-order valence-electron chi connectivity index (χ0n) is 33.3. The maximum absolute atomic E-state index is 12.4. The third kappa shape index (κ3) is 35.0. The number of aliphatic hydroxyl groups excluding tert-OH is 3. The van der Waals surface area contributed by atoms with E-state index in [2.05, 4.69) is 43.5 Å². The summed E-state index contributed by atoms with van der Waals surface area (Å²) >= 11 is 0. The number of unbranched alkanes of at least 4 members (excludes halogenated alkanes) is 27. The molecule has 3 atom stereocenters. The average Bonchev–Trinajstić information content (AvgIpc) is 3.12. The van der Waals surface area contributed by atoms with E-state index >= 15 is 0 Å². The van der Waals surface area contributed by atoms with Gasteiger partial charge in [-0.05, 0) is 57.8 Å². The lowest BCUT2D eigenvalue weighted by Gasteiger charge is -2.21. The van der Waals surface area contributed by atoms with Gasteiger partial charge in [-0.1, -0.05) is 198 Å². The molecule has 0 rings (SSSR count). The molecule has 0 aliphatic rings. The van der Waals surface area contributed by atoms with Crippen LogP contribution in [0.15, 0.2) is 36.5 Å². The van der Waals surface area contributed by atoms with Gasteiger partial charge in [-0.25, -0.2) is 0 Å². The number of allylic oxidation sites excluding steroid dienone is 5. The summed E-state index contributed by atoms with van der Waals surface area (Å²) in [7, 11) is 0. The van der Waals surface area contributed by atoms with Crippen molar-refractivity contribution in [1.29, 1.82) is 0 Å². The molecule has 0 spiro atoms. The zero-order valence-corrected chi connectivity index (χ0v) is 33.3. The van der Waals surface area contributed by atoms with Crippen LogP contribution >= 0.6 is 0 Å². The molecular weight excluding hydrogens is 618 g/mol. The second-order valence-corrected chi connectivity index (χ2v) is 14.9. The Morgan fingerprint density at radius 3 is 1.26 bits per heavy atom. The summed E-state index contributed by atoms with van der Waals surface area (Å²) in [4.78, 5) is 12.4. The first-order valence-electron chi connectivity index (χ1n) is 21.8. The standard InChI is InChI=1S/C45H85NO4/c1-3-5-7-9-11-13-15-16-17-18-19-20-21-22-23-24-25-26-27-28-30-31-33-35-37-39-43(48)42(41-47)46-45(50)44(49)40-38-36-34-32-29-14-12-10-8-6-4-2/h12,14,30-31,37,39,42-44,47-49H,3-11,13,15-29,32-36,38,40-41H2,1-2H3,(H,46,50)/b14-12-,31-30+,39-37+. The van der Waals surface area contributed by atoms with Gasteiger partial charge in [0.15, 0.2) is 0 Å². The molecule has 0 aromatic rings. The molecule has 0 radical (unpaired) electrons. The minimum absolute atomic E-state index is 0.380. The summed E-state index contributed by atoms with van der Waals surface area (Å²) < 4.78 is 0. The quantitative estimate of drug-likeness (QED) is 0.0379. The molecule has 50 heavy (non-hydrogen) atoms. The van der Waals surface area contributed by atoms with Gasteiger partial charge in [-0.15, -0.1) is 0 Å². The highest BCUT2D eigenvalue weighted by molar-refractivity contribution is 5.80. The largest absolute Gasteiger partial charge is 0.394 e. The van der Waals surface area contributed by atoms with E-state index in [0.717, 1.165) is 51.4 Å². The Hall–Kier alpha value is -1.43. The monoisotopic (exact) mass is 704 g/mol. The molecule has 5 heteroatoms. The van der Waals surface area contributed by atoms with E-state index in [1.807, 2.05) is 6.08 Å². The van der Waals surface area contributed by atoms with Crippen LogP contribution in [0.4, 0.5) is 0 Å². The van der Waals surface area contributed by atoms with E-state index in [4.69, 9.17) is 0 Å². The second-order valence-electron chi connectivity index (χ2n) is 14.9. The van der Waals surface area contributed by atoms with E-state index in [1.165, 1.54) is 148 Å². The summed E-state index contributed by atoms with van der Waals surface area (Å²) in [5.74, 6) is -0.524. The van der Waals surface area contributed by atoms with Crippen LogP contribution in [0.2, 0.25) is 0 Å². The van der Waals surface area contributed by atoms with Gasteiger partial charge in [0, 0.05) is 0 Å². The van der Waals surface area contributed by atoms with E-state index in [-0.39, 0.29) is 6.61 Å². The first kappa shape index (κ1) is 48.6.